The lowest BCUT2D eigenvalue weighted by Gasteiger charge is -2.50. The smallest absolute Gasteiger partial charge is 0.301 e. The molecule has 2 heterocycles. The Hall–Kier alpha value is -6.13. The molecule has 2 aliphatic heterocycles. The van der Waals surface area contributed by atoms with Crippen LogP contribution < -0.4 is 19.4 Å². The number of carbonyl (C=O) groups excluding carboxylic acids is 4. The number of nitrogens with zero attached hydrogens (tertiary/aromatic N) is 5. The third-order valence-electron chi connectivity index (χ3n) is 11.9. The molecule has 6 atom stereocenters. The number of ether oxygens (including phenoxy) is 1. The van der Waals surface area contributed by atoms with E-state index in [1.807, 2.05) is 0 Å². The first-order valence-electron chi connectivity index (χ1n) is 18.1. The molecule has 0 spiro atoms. The van der Waals surface area contributed by atoms with E-state index in [1.165, 1.54) is 32.2 Å². The van der Waals surface area contributed by atoms with Crippen molar-refractivity contribution >= 4 is 79.6 Å². The van der Waals surface area contributed by atoms with Gasteiger partial charge in [-0.2, -0.15) is 0 Å². The first kappa shape index (κ1) is 38.7. The predicted molar refractivity (Wildman–Crippen MR) is 215 cm³/mol. The van der Waals surface area contributed by atoms with Gasteiger partial charge in [-0.25, -0.2) is 9.80 Å². The molecule has 0 aromatic heterocycles. The van der Waals surface area contributed by atoms with Gasteiger partial charge in [-0.15, -0.1) is 0 Å². The number of nitro groups is 2. The van der Waals surface area contributed by atoms with E-state index in [4.69, 9.17) is 16.3 Å². The highest BCUT2D eigenvalue weighted by molar-refractivity contribution is 9.10. The van der Waals surface area contributed by atoms with Gasteiger partial charge in [0.2, 0.25) is 23.6 Å². The normalized spacial score (nSPS) is 24.9. The Morgan fingerprint density at radius 3 is 2.14 bits per heavy atom. The number of imide groups is 2. The fraction of sp³-hybridized carbons (Fsp3) is 0.268. The van der Waals surface area contributed by atoms with Gasteiger partial charge >= 0.3 is 11.4 Å². The molecule has 4 amide bonds. The maximum absolute atomic E-state index is 15.5. The van der Waals surface area contributed by atoms with Crippen molar-refractivity contribution in [1.82, 2.24) is 0 Å². The number of phenolic OH excluding ortho intramolecular Hbond substituents is 1. The fourth-order valence-corrected chi connectivity index (χ4v) is 10.4. The van der Waals surface area contributed by atoms with Crippen molar-refractivity contribution in [3.8, 4) is 11.5 Å². The molecule has 58 heavy (non-hydrogen) atoms. The summed E-state index contributed by atoms with van der Waals surface area (Å²) in [5.74, 6) is -8.17. The second-order valence-electron chi connectivity index (χ2n) is 14.9. The van der Waals surface area contributed by atoms with Crippen molar-refractivity contribution in [3.63, 3.8) is 0 Å². The maximum Gasteiger partial charge on any atom is 0.301 e. The van der Waals surface area contributed by atoms with Gasteiger partial charge in [0.1, 0.15) is 0 Å². The summed E-state index contributed by atoms with van der Waals surface area (Å²) < 4.78 is 6.04. The number of amides is 4. The molecule has 1 N–H and O–H groups in total. The SMILES string of the molecule is COc1cc(Br)cc(C2C3=CCC4C(=O)N(c5cc([N+](=O)[O-])c(N(C)C)c([N+](=O)[O-])c5)C(=O)C4C3CC3C(=O)N(c4cccc(Cl)c4)C(=O)C32c2ccccc2)c1O. The van der Waals surface area contributed by atoms with Gasteiger partial charge < -0.3 is 14.7 Å². The summed E-state index contributed by atoms with van der Waals surface area (Å²) in [7, 11) is 4.18. The molecule has 2 aliphatic carbocycles. The zero-order valence-electron chi connectivity index (χ0n) is 31.0. The monoisotopic (exact) mass is 869 g/mol. The van der Waals surface area contributed by atoms with Crippen molar-refractivity contribution in [2.75, 3.05) is 35.9 Å². The van der Waals surface area contributed by atoms with Crippen LogP contribution in [0.4, 0.5) is 28.4 Å². The number of phenols is 1. The standard InChI is InChI=1S/C41H33BrClN5O10/c1-44(2)35-30(47(54)55)17-24(18-31(35)48(56)57)45-37(50)26-13-12-25-27(33(26)39(45)52)19-29-38(51)46(23-11-7-10-22(43)16-23)40(53)41(29,20-8-5-4-6-9-20)34(25)28-14-21(42)15-32(58-3)36(28)49/h4-12,14-18,26-27,29,33-34,49H,13,19H2,1-3H3. The van der Waals surface area contributed by atoms with Crippen LogP contribution in [0.15, 0.2) is 95.0 Å². The van der Waals surface area contributed by atoms with Crippen molar-refractivity contribution in [3.05, 3.63) is 131 Å². The minimum atomic E-state index is -1.70. The summed E-state index contributed by atoms with van der Waals surface area (Å²) in [5.41, 5.74) is -2.26. The first-order valence-corrected chi connectivity index (χ1v) is 19.3. The number of hydrogen-bond donors (Lipinski definition) is 1. The second kappa shape index (κ2) is 14.1. The molecule has 1 saturated carbocycles. The minimum absolute atomic E-state index is 0.0182. The molecule has 3 fully saturated rings. The average Bonchev–Trinajstić information content (AvgIpc) is 3.58. The third-order valence-corrected chi connectivity index (χ3v) is 12.6. The molecule has 4 aromatic rings. The number of benzene rings is 4. The molecule has 296 valence electrons. The summed E-state index contributed by atoms with van der Waals surface area (Å²) >= 11 is 9.91. The minimum Gasteiger partial charge on any atom is -0.504 e. The number of rotatable bonds is 8. The van der Waals surface area contributed by atoms with Gasteiger partial charge in [-0.3, -0.25) is 39.4 Å². The van der Waals surface area contributed by atoms with Crippen LogP contribution in [0.3, 0.4) is 0 Å². The van der Waals surface area contributed by atoms with Gasteiger partial charge in [0.25, 0.3) is 0 Å². The van der Waals surface area contributed by atoms with Gasteiger partial charge in [0.05, 0.1) is 51.5 Å². The molecule has 0 radical (unpaired) electrons. The topological polar surface area (TPSA) is 194 Å². The van der Waals surface area contributed by atoms with Crippen molar-refractivity contribution < 1.29 is 38.9 Å². The van der Waals surface area contributed by atoms with E-state index >= 15 is 9.59 Å². The Labute approximate surface area is 343 Å². The zero-order valence-corrected chi connectivity index (χ0v) is 33.3. The quantitative estimate of drug-likeness (QED) is 0.0824. The maximum atomic E-state index is 15.5. The van der Waals surface area contributed by atoms with Crippen LogP contribution in [-0.2, 0) is 24.6 Å². The Bertz CT molecular complexity index is 2500. The van der Waals surface area contributed by atoms with Crippen LogP contribution in [0.25, 0.3) is 0 Å². The lowest BCUT2D eigenvalue weighted by atomic mass is 9.49. The molecule has 6 unspecified atom stereocenters. The third kappa shape index (κ3) is 5.52. The van der Waals surface area contributed by atoms with E-state index in [9.17, 15) is 34.9 Å². The summed E-state index contributed by atoms with van der Waals surface area (Å²) in [6.45, 7) is 0. The molecule has 17 heteroatoms. The summed E-state index contributed by atoms with van der Waals surface area (Å²) in [6.07, 6.45) is 1.67. The number of aromatic hydroxyl groups is 1. The van der Waals surface area contributed by atoms with E-state index in [-0.39, 0.29) is 52.0 Å². The van der Waals surface area contributed by atoms with Crippen LogP contribution in [0.1, 0.15) is 29.9 Å². The largest absolute Gasteiger partial charge is 0.504 e. The van der Waals surface area contributed by atoms with E-state index in [1.54, 1.807) is 66.7 Å². The van der Waals surface area contributed by atoms with Crippen LogP contribution in [-0.4, -0.2) is 59.8 Å². The first-order chi connectivity index (χ1) is 27.6. The number of allylic oxidation sites excluding steroid dienone is 2. The highest BCUT2D eigenvalue weighted by atomic mass is 79.9. The number of nitro benzene ring substituents is 2. The lowest BCUT2D eigenvalue weighted by Crippen LogP contribution is -2.53. The zero-order chi connectivity index (χ0) is 41.5. The van der Waals surface area contributed by atoms with Crippen LogP contribution >= 0.6 is 27.5 Å². The van der Waals surface area contributed by atoms with Crippen LogP contribution in [0, 0.1) is 43.9 Å². The van der Waals surface area contributed by atoms with Crippen LogP contribution in [0.2, 0.25) is 5.02 Å². The fourth-order valence-electron chi connectivity index (χ4n) is 9.77. The lowest BCUT2D eigenvalue weighted by molar-refractivity contribution is -0.392. The molecule has 2 saturated heterocycles. The van der Waals surface area contributed by atoms with Crippen LogP contribution in [0.5, 0.6) is 11.5 Å². The summed E-state index contributed by atoms with van der Waals surface area (Å²) in [4.78, 5) is 85.7. The number of carbonyl (C=O) groups is 4. The van der Waals surface area contributed by atoms with Gasteiger partial charge in [0, 0.05) is 47.2 Å². The number of methoxy groups -OCH3 is 1. The van der Waals surface area contributed by atoms with E-state index in [2.05, 4.69) is 15.9 Å². The second-order valence-corrected chi connectivity index (χ2v) is 16.2. The molecule has 0 bridgehead atoms. The summed E-state index contributed by atoms with van der Waals surface area (Å²) in [5, 5.41) is 36.7. The van der Waals surface area contributed by atoms with Crippen molar-refractivity contribution in [2.24, 2.45) is 23.7 Å². The number of fused-ring (bicyclic) bond motifs is 4. The molecule has 8 rings (SSSR count). The predicted octanol–water partition coefficient (Wildman–Crippen LogP) is 7.07. The molecule has 4 aliphatic rings. The van der Waals surface area contributed by atoms with E-state index in [0.717, 1.165) is 21.9 Å². The molecular weight excluding hydrogens is 838 g/mol. The van der Waals surface area contributed by atoms with E-state index in [0.29, 0.717) is 15.6 Å². The Kier molecular flexibility index (Phi) is 9.39. The average molecular weight is 871 g/mol. The van der Waals surface area contributed by atoms with E-state index < -0.39 is 79.9 Å². The van der Waals surface area contributed by atoms with Gasteiger partial charge in [0.15, 0.2) is 17.2 Å². The van der Waals surface area contributed by atoms with Gasteiger partial charge in [-0.1, -0.05) is 75.6 Å². The summed E-state index contributed by atoms with van der Waals surface area (Å²) in [6, 6.07) is 20.2. The Balaban J connectivity index is 1.35. The molecular formula is C41H33BrClN5O10. The highest BCUT2D eigenvalue weighted by Gasteiger charge is 2.70. The number of halogens is 2. The Morgan fingerprint density at radius 2 is 1.53 bits per heavy atom. The Morgan fingerprint density at radius 1 is 0.862 bits per heavy atom. The number of anilines is 3. The van der Waals surface area contributed by atoms with Crippen molar-refractivity contribution in [1.29, 1.82) is 0 Å². The van der Waals surface area contributed by atoms with Gasteiger partial charge in [-0.05, 0) is 54.7 Å². The highest BCUT2D eigenvalue weighted by Crippen LogP contribution is 2.66. The molecule has 4 aromatic carbocycles. The molecule has 15 nitrogen and oxygen atoms in total. The van der Waals surface area contributed by atoms with Crippen molar-refractivity contribution in [2.45, 2.75) is 24.2 Å². The number of hydrogen-bond acceptors (Lipinski definition) is 11.